The molecule has 41 heavy (non-hydrogen) atoms. The van der Waals surface area contributed by atoms with Crippen molar-refractivity contribution in [3.63, 3.8) is 0 Å². The summed E-state index contributed by atoms with van der Waals surface area (Å²) < 4.78 is 12.6. The maximum atomic E-state index is 13.4. The Morgan fingerprint density at radius 2 is 1.41 bits per heavy atom. The number of likely N-dealkylation sites (tertiary alicyclic amines) is 2. The van der Waals surface area contributed by atoms with Crippen molar-refractivity contribution >= 4 is 22.7 Å². The fourth-order valence-corrected chi connectivity index (χ4v) is 6.89. The Kier molecular flexibility index (Phi) is 9.20. The fraction of sp³-hybridized carbons (Fsp3) is 0.394. The Balaban J connectivity index is 1.10. The number of rotatable bonds is 8. The molecule has 2 fully saturated rings. The van der Waals surface area contributed by atoms with Crippen molar-refractivity contribution < 1.29 is 13.8 Å². The molecule has 0 N–H and O–H groups in total. The van der Waals surface area contributed by atoms with E-state index >= 15 is 0 Å². The van der Waals surface area contributed by atoms with Crippen molar-refractivity contribution in [2.75, 3.05) is 52.6 Å². The maximum absolute atomic E-state index is 13.4. The van der Waals surface area contributed by atoms with E-state index in [1.165, 1.54) is 5.56 Å². The second-order valence-electron chi connectivity index (χ2n) is 11.2. The Hall–Kier alpha value is -3.49. The molecule has 7 nitrogen and oxygen atoms in total. The molecule has 2 saturated heterocycles. The van der Waals surface area contributed by atoms with Crippen LogP contribution in [0.2, 0.25) is 0 Å². The second-order valence-corrected chi connectivity index (χ2v) is 12.8. The second kappa shape index (κ2) is 13.0. The number of benzene rings is 3. The van der Waals surface area contributed by atoms with E-state index in [-0.39, 0.29) is 24.0 Å². The zero-order valence-electron chi connectivity index (χ0n) is 24.2. The zero-order chi connectivity index (χ0) is 28.9. The van der Waals surface area contributed by atoms with Crippen LogP contribution in [0.3, 0.4) is 0 Å². The predicted octanol–water partition coefficient (Wildman–Crippen LogP) is 4.74. The quantitative estimate of drug-likeness (QED) is 0.391. The molecule has 2 aliphatic heterocycles. The van der Waals surface area contributed by atoms with E-state index < -0.39 is 10.8 Å². The molecule has 5 rings (SSSR count). The minimum atomic E-state index is -1.01. The molecular weight excluding hydrogens is 532 g/mol. The van der Waals surface area contributed by atoms with E-state index in [9.17, 15) is 13.8 Å². The predicted molar refractivity (Wildman–Crippen MR) is 164 cm³/mol. The lowest BCUT2D eigenvalue weighted by atomic mass is 10.0. The van der Waals surface area contributed by atoms with Crippen molar-refractivity contribution in [3.05, 3.63) is 90.0 Å². The van der Waals surface area contributed by atoms with Gasteiger partial charge in [0.1, 0.15) is 0 Å². The van der Waals surface area contributed by atoms with Gasteiger partial charge in [-0.2, -0.15) is 0 Å². The van der Waals surface area contributed by atoms with Gasteiger partial charge in [-0.1, -0.05) is 60.2 Å². The summed E-state index contributed by atoms with van der Waals surface area (Å²) in [5.41, 5.74) is 4.09. The summed E-state index contributed by atoms with van der Waals surface area (Å²) in [6, 6.07) is 25.9. The molecule has 0 spiro atoms. The minimum absolute atomic E-state index is 0.00957. The van der Waals surface area contributed by atoms with Crippen molar-refractivity contribution in [3.8, 4) is 11.1 Å². The van der Waals surface area contributed by atoms with E-state index in [0.717, 1.165) is 48.5 Å². The Morgan fingerprint density at radius 3 is 2.10 bits per heavy atom. The Morgan fingerprint density at radius 1 is 0.805 bits per heavy atom. The van der Waals surface area contributed by atoms with Crippen LogP contribution in [0, 0.1) is 6.92 Å². The third-order valence-corrected chi connectivity index (χ3v) is 9.87. The molecule has 2 unspecified atom stereocenters. The molecule has 216 valence electrons. The number of hydrogen-bond acceptors (Lipinski definition) is 4. The van der Waals surface area contributed by atoms with Gasteiger partial charge in [-0.25, -0.2) is 4.79 Å². The summed E-state index contributed by atoms with van der Waals surface area (Å²) in [5.74, 6) is 0.574. The van der Waals surface area contributed by atoms with E-state index in [2.05, 4.69) is 36.1 Å². The smallest absolute Gasteiger partial charge is 0.320 e. The molecule has 3 aromatic carbocycles. The van der Waals surface area contributed by atoms with Gasteiger partial charge >= 0.3 is 6.03 Å². The lowest BCUT2D eigenvalue weighted by Gasteiger charge is -2.30. The average molecular weight is 573 g/mol. The van der Waals surface area contributed by atoms with Crippen molar-refractivity contribution in [1.82, 2.24) is 19.6 Å². The fourth-order valence-electron chi connectivity index (χ4n) is 5.77. The van der Waals surface area contributed by atoms with Crippen LogP contribution in [0.4, 0.5) is 4.79 Å². The third-order valence-electron chi connectivity index (χ3n) is 8.51. The summed E-state index contributed by atoms with van der Waals surface area (Å²) in [6.45, 7) is 5.70. The highest BCUT2D eigenvalue weighted by atomic mass is 32.2. The van der Waals surface area contributed by atoms with Gasteiger partial charge in [-0.05, 0) is 55.2 Å². The highest BCUT2D eigenvalue weighted by molar-refractivity contribution is 7.85. The summed E-state index contributed by atoms with van der Waals surface area (Å²) in [5, 5.41) is 0. The monoisotopic (exact) mass is 572 g/mol. The number of aryl methyl sites for hydroxylation is 1. The minimum Gasteiger partial charge on any atom is -0.337 e. The normalized spacial score (nSPS) is 19.7. The largest absolute Gasteiger partial charge is 0.337 e. The van der Waals surface area contributed by atoms with Gasteiger partial charge in [-0.15, -0.1) is 0 Å². The molecule has 0 aliphatic carbocycles. The number of hydrogen-bond donors (Lipinski definition) is 0. The first kappa shape index (κ1) is 29.0. The van der Waals surface area contributed by atoms with Crippen LogP contribution in [-0.4, -0.2) is 100 Å². The van der Waals surface area contributed by atoms with E-state index in [4.69, 9.17) is 0 Å². The molecule has 0 saturated carbocycles. The van der Waals surface area contributed by atoms with Crippen molar-refractivity contribution in [2.24, 2.45) is 0 Å². The first-order valence-electron chi connectivity index (χ1n) is 14.4. The zero-order valence-corrected chi connectivity index (χ0v) is 25.1. The van der Waals surface area contributed by atoms with Gasteiger partial charge in [0.2, 0.25) is 0 Å². The molecule has 3 aromatic rings. The van der Waals surface area contributed by atoms with Crippen LogP contribution < -0.4 is 0 Å². The molecule has 0 bridgehead atoms. The first-order valence-corrected chi connectivity index (χ1v) is 15.7. The molecule has 3 atom stereocenters. The number of carbonyl (C=O) groups is 2. The number of likely N-dealkylation sites (N-methyl/N-ethyl adjacent to an activating group) is 2. The van der Waals surface area contributed by atoms with E-state index in [1.807, 2.05) is 78.5 Å². The van der Waals surface area contributed by atoms with Crippen LogP contribution in [0.5, 0.6) is 0 Å². The van der Waals surface area contributed by atoms with Crippen LogP contribution >= 0.6 is 0 Å². The summed E-state index contributed by atoms with van der Waals surface area (Å²) in [7, 11) is 2.71. The lowest BCUT2D eigenvalue weighted by Crippen LogP contribution is -2.47. The highest BCUT2D eigenvalue weighted by Gasteiger charge is 2.36. The third kappa shape index (κ3) is 6.88. The van der Waals surface area contributed by atoms with E-state index in [1.54, 1.807) is 4.90 Å². The molecular formula is C33H40N4O3S. The molecule has 3 amide bonds. The molecule has 0 radical (unpaired) electrons. The summed E-state index contributed by atoms with van der Waals surface area (Å²) >= 11 is 0. The topological polar surface area (TPSA) is 64.2 Å². The van der Waals surface area contributed by atoms with Gasteiger partial charge in [0.05, 0.1) is 16.8 Å². The molecule has 0 aromatic heterocycles. The first-order chi connectivity index (χ1) is 19.8. The summed E-state index contributed by atoms with van der Waals surface area (Å²) in [4.78, 5) is 35.3. The Bertz CT molecular complexity index is 1360. The van der Waals surface area contributed by atoms with Crippen LogP contribution in [-0.2, 0) is 10.8 Å². The van der Waals surface area contributed by atoms with Gasteiger partial charge < -0.3 is 19.6 Å². The van der Waals surface area contributed by atoms with Gasteiger partial charge in [0.25, 0.3) is 5.91 Å². The SMILES string of the molecule is Cc1ccc(-c2ccc(C(=O)N(C)[C@H]3CCN(C(=O)N(C)C4CCN(CCS(=O)c5ccccc5)C4)C3)cc2)cc1. The van der Waals surface area contributed by atoms with Crippen LogP contribution in [0.15, 0.2) is 83.8 Å². The van der Waals surface area contributed by atoms with Crippen molar-refractivity contribution in [2.45, 2.75) is 36.7 Å². The van der Waals surface area contributed by atoms with Gasteiger partial charge in [0.15, 0.2) is 0 Å². The van der Waals surface area contributed by atoms with Gasteiger partial charge in [-0.3, -0.25) is 9.00 Å². The number of carbonyl (C=O) groups excluding carboxylic acids is 2. The highest BCUT2D eigenvalue weighted by Crippen LogP contribution is 2.24. The van der Waals surface area contributed by atoms with E-state index in [0.29, 0.717) is 24.4 Å². The maximum Gasteiger partial charge on any atom is 0.320 e. The number of nitrogens with zero attached hydrogens (tertiary/aromatic N) is 4. The Labute approximate surface area is 246 Å². The number of amides is 3. The standard InChI is InChI=1S/C33H40N4O3S/c1-25-9-11-26(12-10-25)27-13-15-28(16-14-27)32(38)34(2)30-18-20-37(24-30)33(39)35(3)29-17-19-36(23-29)21-22-41(40)31-7-5-4-6-8-31/h4-16,29-30H,17-24H2,1-3H3/t29?,30-,41?/m0/s1. The molecule has 2 heterocycles. The molecule has 2 aliphatic rings. The van der Waals surface area contributed by atoms with Crippen LogP contribution in [0.1, 0.15) is 28.8 Å². The van der Waals surface area contributed by atoms with Crippen molar-refractivity contribution in [1.29, 1.82) is 0 Å². The average Bonchev–Trinajstić information content (AvgIpc) is 3.70. The lowest BCUT2D eigenvalue weighted by molar-refractivity contribution is 0.0734. The molecule has 8 heteroatoms. The van der Waals surface area contributed by atoms with Gasteiger partial charge in [0, 0.05) is 69.1 Å². The summed E-state index contributed by atoms with van der Waals surface area (Å²) in [6.07, 6.45) is 1.68. The number of urea groups is 1. The van der Waals surface area contributed by atoms with Crippen LogP contribution in [0.25, 0.3) is 11.1 Å².